The molecule has 0 saturated carbocycles. The van der Waals surface area contributed by atoms with Crippen LogP contribution >= 0.6 is 38.9 Å². The standard InChI is InChI=1S/C11H6BrClF2N4OS/c1-18-7-5(13)2-4(12)3-6(7)19(11(18)20)10-17-16-9(21-10)8(14)15/h2-3,8H,1H3. The summed E-state index contributed by atoms with van der Waals surface area (Å²) in [7, 11) is 1.55. The second-order valence-corrected chi connectivity index (χ2v) is 6.47. The molecule has 0 atom stereocenters. The highest BCUT2D eigenvalue weighted by Crippen LogP contribution is 2.30. The lowest BCUT2D eigenvalue weighted by atomic mass is 10.3. The van der Waals surface area contributed by atoms with Crippen LogP contribution in [0.5, 0.6) is 0 Å². The van der Waals surface area contributed by atoms with E-state index in [1.807, 2.05) is 0 Å². The Morgan fingerprint density at radius 3 is 2.71 bits per heavy atom. The fraction of sp³-hybridized carbons (Fsp3) is 0.182. The third kappa shape index (κ3) is 2.29. The molecule has 0 unspecified atom stereocenters. The minimum Gasteiger partial charge on any atom is -0.293 e. The van der Waals surface area contributed by atoms with Gasteiger partial charge in [-0.1, -0.05) is 38.9 Å². The van der Waals surface area contributed by atoms with Gasteiger partial charge in [0.05, 0.1) is 16.1 Å². The highest BCUT2D eigenvalue weighted by atomic mass is 79.9. The number of hydrogen-bond acceptors (Lipinski definition) is 4. The number of halogens is 4. The zero-order valence-corrected chi connectivity index (χ0v) is 13.5. The Bertz CT molecular complexity index is 904. The van der Waals surface area contributed by atoms with Crippen molar-refractivity contribution in [1.82, 2.24) is 19.3 Å². The molecule has 5 nitrogen and oxygen atoms in total. The van der Waals surface area contributed by atoms with E-state index >= 15 is 0 Å². The van der Waals surface area contributed by atoms with Crippen LogP contribution in [0.15, 0.2) is 21.4 Å². The molecule has 0 bridgehead atoms. The predicted molar refractivity (Wildman–Crippen MR) is 79.7 cm³/mol. The maximum absolute atomic E-state index is 12.6. The monoisotopic (exact) mass is 394 g/mol. The molecule has 0 saturated heterocycles. The third-order valence-corrected chi connectivity index (χ3v) is 4.53. The quantitative estimate of drug-likeness (QED) is 0.667. The largest absolute Gasteiger partial charge is 0.335 e. The number of aromatic nitrogens is 4. The van der Waals surface area contributed by atoms with Gasteiger partial charge in [-0.25, -0.2) is 18.1 Å². The molecule has 3 rings (SSSR count). The van der Waals surface area contributed by atoms with E-state index in [1.54, 1.807) is 19.2 Å². The van der Waals surface area contributed by atoms with Gasteiger partial charge in [-0.2, -0.15) is 0 Å². The Balaban J connectivity index is 2.36. The summed E-state index contributed by atoms with van der Waals surface area (Å²) in [5.74, 6) is 0. The van der Waals surface area contributed by atoms with Gasteiger partial charge in [0.15, 0.2) is 5.01 Å². The normalized spacial score (nSPS) is 11.7. The lowest BCUT2D eigenvalue weighted by Crippen LogP contribution is -2.20. The number of nitrogens with zero attached hydrogens (tertiary/aromatic N) is 4. The second kappa shape index (κ2) is 5.15. The summed E-state index contributed by atoms with van der Waals surface area (Å²) >= 11 is 10.1. The fourth-order valence-electron chi connectivity index (χ4n) is 1.99. The Kier molecular flexibility index (Phi) is 3.58. The van der Waals surface area contributed by atoms with E-state index < -0.39 is 17.1 Å². The van der Waals surface area contributed by atoms with Crippen molar-refractivity contribution in [3.8, 4) is 5.13 Å². The van der Waals surface area contributed by atoms with Gasteiger partial charge in [-0.15, -0.1) is 10.2 Å². The molecule has 0 N–H and O–H groups in total. The van der Waals surface area contributed by atoms with Gasteiger partial charge in [0.2, 0.25) is 5.13 Å². The summed E-state index contributed by atoms with van der Waals surface area (Å²) in [6.45, 7) is 0. The summed E-state index contributed by atoms with van der Waals surface area (Å²) in [5, 5.41) is 7.09. The summed E-state index contributed by atoms with van der Waals surface area (Å²) < 4.78 is 28.5. The average Bonchev–Trinajstić information content (AvgIpc) is 2.95. The van der Waals surface area contributed by atoms with E-state index in [4.69, 9.17) is 11.6 Å². The first-order valence-corrected chi connectivity index (χ1v) is 7.57. The molecular weight excluding hydrogens is 390 g/mol. The highest BCUT2D eigenvalue weighted by Gasteiger charge is 2.21. The molecule has 0 aliphatic rings. The molecule has 2 aromatic heterocycles. The van der Waals surface area contributed by atoms with E-state index in [0.29, 0.717) is 31.9 Å². The molecule has 0 amide bonds. The van der Waals surface area contributed by atoms with E-state index in [1.165, 1.54) is 9.13 Å². The first kappa shape index (κ1) is 14.6. The first-order valence-electron chi connectivity index (χ1n) is 5.58. The summed E-state index contributed by atoms with van der Waals surface area (Å²) in [4.78, 5) is 12.3. The molecule has 2 heterocycles. The summed E-state index contributed by atoms with van der Waals surface area (Å²) in [6, 6.07) is 3.32. The van der Waals surface area contributed by atoms with Crippen LogP contribution < -0.4 is 5.69 Å². The van der Waals surface area contributed by atoms with Crippen molar-refractivity contribution in [3.63, 3.8) is 0 Å². The van der Waals surface area contributed by atoms with E-state index in [0.717, 1.165) is 0 Å². The van der Waals surface area contributed by atoms with Crippen molar-refractivity contribution in [2.24, 2.45) is 7.05 Å². The van der Waals surface area contributed by atoms with Crippen LogP contribution in [-0.4, -0.2) is 19.3 Å². The van der Waals surface area contributed by atoms with Gasteiger partial charge >= 0.3 is 5.69 Å². The Morgan fingerprint density at radius 1 is 1.38 bits per heavy atom. The number of benzene rings is 1. The fourth-order valence-corrected chi connectivity index (χ4v) is 3.62. The average molecular weight is 396 g/mol. The molecule has 0 radical (unpaired) electrons. The van der Waals surface area contributed by atoms with Crippen molar-refractivity contribution >= 4 is 49.9 Å². The third-order valence-electron chi connectivity index (χ3n) is 2.87. The predicted octanol–water partition coefficient (Wildman–Crippen LogP) is 3.53. The molecule has 110 valence electrons. The van der Waals surface area contributed by atoms with Gasteiger partial charge in [0, 0.05) is 11.5 Å². The van der Waals surface area contributed by atoms with Gasteiger partial charge in [-0.05, 0) is 12.1 Å². The zero-order chi connectivity index (χ0) is 15.3. The number of aryl methyl sites for hydroxylation is 1. The van der Waals surface area contributed by atoms with Gasteiger partial charge < -0.3 is 0 Å². The number of imidazole rings is 1. The maximum Gasteiger partial charge on any atom is 0.335 e. The van der Waals surface area contributed by atoms with E-state index in [9.17, 15) is 13.6 Å². The molecule has 0 spiro atoms. The molecule has 3 aromatic rings. The molecule has 10 heteroatoms. The van der Waals surface area contributed by atoms with E-state index in [2.05, 4.69) is 26.1 Å². The van der Waals surface area contributed by atoms with E-state index in [-0.39, 0.29) is 5.13 Å². The van der Waals surface area contributed by atoms with Crippen molar-refractivity contribution < 1.29 is 8.78 Å². The van der Waals surface area contributed by atoms with Crippen molar-refractivity contribution in [2.45, 2.75) is 6.43 Å². The SMILES string of the molecule is Cn1c(=O)n(-c2nnc(C(F)F)s2)c2cc(Br)cc(Cl)c21. The van der Waals surface area contributed by atoms with Gasteiger partial charge in [0.1, 0.15) is 0 Å². The Morgan fingerprint density at radius 2 is 2.10 bits per heavy atom. The van der Waals surface area contributed by atoms with Crippen LogP contribution in [0.3, 0.4) is 0 Å². The van der Waals surface area contributed by atoms with Crippen LogP contribution in [-0.2, 0) is 7.05 Å². The molecule has 0 fully saturated rings. The molecule has 1 aromatic carbocycles. The minimum atomic E-state index is -2.72. The molecule has 21 heavy (non-hydrogen) atoms. The number of rotatable bonds is 2. The summed E-state index contributed by atoms with van der Waals surface area (Å²) in [5.41, 5.74) is 0.541. The van der Waals surface area contributed by atoms with Crippen LogP contribution in [0.4, 0.5) is 8.78 Å². The molecular formula is C11H6BrClF2N4OS. The second-order valence-electron chi connectivity index (χ2n) is 4.16. The van der Waals surface area contributed by atoms with Crippen molar-refractivity contribution in [1.29, 1.82) is 0 Å². The molecule has 0 aliphatic carbocycles. The summed E-state index contributed by atoms with van der Waals surface area (Å²) in [6.07, 6.45) is -2.72. The first-order chi connectivity index (χ1) is 9.90. The van der Waals surface area contributed by atoms with Crippen LogP contribution in [0.25, 0.3) is 16.2 Å². The van der Waals surface area contributed by atoms with Crippen LogP contribution in [0.1, 0.15) is 11.4 Å². The zero-order valence-electron chi connectivity index (χ0n) is 10.3. The van der Waals surface area contributed by atoms with Crippen LogP contribution in [0.2, 0.25) is 5.02 Å². The highest BCUT2D eigenvalue weighted by molar-refractivity contribution is 9.10. The smallest absolute Gasteiger partial charge is 0.293 e. The van der Waals surface area contributed by atoms with Crippen molar-refractivity contribution in [2.75, 3.05) is 0 Å². The minimum absolute atomic E-state index is 0.0788. The number of alkyl halides is 2. The lowest BCUT2D eigenvalue weighted by Gasteiger charge is -2.00. The Labute approximate surface area is 133 Å². The van der Waals surface area contributed by atoms with Crippen LogP contribution in [0, 0.1) is 0 Å². The molecule has 0 aliphatic heterocycles. The Hall–Kier alpha value is -1.32. The topological polar surface area (TPSA) is 52.7 Å². The van der Waals surface area contributed by atoms with Gasteiger partial charge in [0.25, 0.3) is 6.43 Å². The lowest BCUT2D eigenvalue weighted by molar-refractivity contribution is 0.150. The van der Waals surface area contributed by atoms with Crippen molar-refractivity contribution in [3.05, 3.63) is 37.1 Å². The number of fused-ring (bicyclic) bond motifs is 1. The number of hydrogen-bond donors (Lipinski definition) is 0. The van der Waals surface area contributed by atoms with Gasteiger partial charge in [-0.3, -0.25) is 4.57 Å². The maximum atomic E-state index is 12.6.